The van der Waals surface area contributed by atoms with Crippen molar-refractivity contribution in [2.24, 2.45) is 0 Å². The molecule has 10 heteroatoms. The molecule has 0 aliphatic heterocycles. The Labute approximate surface area is 165 Å². The summed E-state index contributed by atoms with van der Waals surface area (Å²) in [7, 11) is 1.45. The van der Waals surface area contributed by atoms with Crippen molar-refractivity contribution in [1.82, 2.24) is 15.2 Å². The summed E-state index contributed by atoms with van der Waals surface area (Å²) in [6.07, 6.45) is 1.15. The quantitative estimate of drug-likeness (QED) is 0.424. The van der Waals surface area contributed by atoms with Crippen molar-refractivity contribution in [2.45, 2.75) is 6.54 Å². The molecule has 2 amide bonds. The third-order valence-corrected chi connectivity index (χ3v) is 3.91. The van der Waals surface area contributed by atoms with E-state index >= 15 is 0 Å². The lowest BCUT2D eigenvalue weighted by atomic mass is 10.1. The van der Waals surface area contributed by atoms with Crippen molar-refractivity contribution in [3.05, 3.63) is 63.6 Å². The highest BCUT2D eigenvalue weighted by atomic mass is 16.5. The van der Waals surface area contributed by atoms with Gasteiger partial charge in [0.15, 0.2) is 0 Å². The van der Waals surface area contributed by atoms with Gasteiger partial charge in [-0.1, -0.05) is 30.3 Å². The summed E-state index contributed by atoms with van der Waals surface area (Å²) >= 11 is 0. The second-order valence-corrected chi connectivity index (χ2v) is 6.01. The van der Waals surface area contributed by atoms with Crippen LogP contribution >= 0.6 is 0 Å². The van der Waals surface area contributed by atoms with E-state index in [0.717, 1.165) is 16.3 Å². The minimum Gasteiger partial charge on any atom is -0.506 e. The topological polar surface area (TPSA) is 147 Å². The van der Waals surface area contributed by atoms with Gasteiger partial charge >= 0.3 is 5.97 Å². The zero-order valence-corrected chi connectivity index (χ0v) is 15.7. The Balaban J connectivity index is 2.49. The summed E-state index contributed by atoms with van der Waals surface area (Å²) in [6, 6.07) is 8.82. The Morgan fingerprint density at radius 2 is 1.79 bits per heavy atom. The molecule has 0 saturated carbocycles. The monoisotopic (exact) mass is 403 g/mol. The molecule has 10 nitrogen and oxygen atoms in total. The molecule has 1 heterocycles. The normalized spacial score (nSPS) is 10.4. The number of carboxylic acids is 1. The highest BCUT2D eigenvalue weighted by Crippen LogP contribution is 2.20. The van der Waals surface area contributed by atoms with Gasteiger partial charge in [0.25, 0.3) is 17.4 Å². The summed E-state index contributed by atoms with van der Waals surface area (Å²) < 4.78 is 5.95. The van der Waals surface area contributed by atoms with Crippen LogP contribution in [0, 0.1) is 0 Å². The SMILES string of the molecule is COCCNC(=O)c1cn(Cc2ccccc2)c(=O)c(C(=O)NCC(=O)O)c1O. The van der Waals surface area contributed by atoms with E-state index < -0.39 is 41.2 Å². The van der Waals surface area contributed by atoms with Crippen LogP contribution in [0.25, 0.3) is 0 Å². The molecule has 2 aromatic rings. The number of aromatic nitrogens is 1. The molecule has 0 aliphatic carbocycles. The number of rotatable bonds is 9. The number of carbonyl (C=O) groups is 3. The maximum absolute atomic E-state index is 12.8. The zero-order valence-electron chi connectivity index (χ0n) is 15.7. The first-order valence-corrected chi connectivity index (χ1v) is 8.62. The van der Waals surface area contributed by atoms with Crippen LogP contribution in [0.1, 0.15) is 26.3 Å². The van der Waals surface area contributed by atoms with E-state index in [0.29, 0.717) is 0 Å². The van der Waals surface area contributed by atoms with Gasteiger partial charge in [0.1, 0.15) is 17.9 Å². The van der Waals surface area contributed by atoms with E-state index in [2.05, 4.69) is 5.32 Å². The predicted molar refractivity (Wildman–Crippen MR) is 102 cm³/mol. The van der Waals surface area contributed by atoms with Gasteiger partial charge in [-0.15, -0.1) is 0 Å². The molecule has 154 valence electrons. The summed E-state index contributed by atoms with van der Waals surface area (Å²) in [6.45, 7) is -0.340. The fraction of sp³-hybridized carbons (Fsp3) is 0.263. The van der Waals surface area contributed by atoms with Gasteiger partial charge in [0.05, 0.1) is 18.7 Å². The first-order valence-electron chi connectivity index (χ1n) is 8.62. The number of hydrogen-bond donors (Lipinski definition) is 4. The molecular weight excluding hydrogens is 382 g/mol. The summed E-state index contributed by atoms with van der Waals surface area (Å²) in [5, 5.41) is 23.7. The Hall–Kier alpha value is -3.66. The van der Waals surface area contributed by atoms with Crippen molar-refractivity contribution < 1.29 is 29.3 Å². The van der Waals surface area contributed by atoms with Gasteiger partial charge in [-0.25, -0.2) is 0 Å². The van der Waals surface area contributed by atoms with Crippen molar-refractivity contribution >= 4 is 17.8 Å². The molecule has 0 saturated heterocycles. The van der Waals surface area contributed by atoms with Crippen LogP contribution in [0.3, 0.4) is 0 Å². The van der Waals surface area contributed by atoms with Crippen molar-refractivity contribution in [3.63, 3.8) is 0 Å². The largest absolute Gasteiger partial charge is 0.506 e. The Morgan fingerprint density at radius 1 is 1.10 bits per heavy atom. The molecule has 0 bridgehead atoms. The molecule has 1 aromatic carbocycles. The van der Waals surface area contributed by atoms with E-state index in [-0.39, 0.29) is 25.3 Å². The van der Waals surface area contributed by atoms with Crippen molar-refractivity contribution in [1.29, 1.82) is 0 Å². The van der Waals surface area contributed by atoms with Crippen LogP contribution in [0.15, 0.2) is 41.3 Å². The highest BCUT2D eigenvalue weighted by Gasteiger charge is 2.25. The average molecular weight is 403 g/mol. The van der Waals surface area contributed by atoms with Crippen LogP contribution in [-0.4, -0.2) is 59.4 Å². The molecule has 0 unspecified atom stereocenters. The predicted octanol–water partition coefficient (Wildman–Crippen LogP) is -0.207. The third kappa shape index (κ3) is 5.66. The molecule has 4 N–H and O–H groups in total. The molecule has 1 aromatic heterocycles. The number of benzene rings is 1. The lowest BCUT2D eigenvalue weighted by Gasteiger charge is -2.14. The third-order valence-electron chi connectivity index (χ3n) is 3.91. The van der Waals surface area contributed by atoms with Gasteiger partial charge in [-0.2, -0.15) is 0 Å². The van der Waals surface area contributed by atoms with Crippen LogP contribution in [0.5, 0.6) is 5.75 Å². The number of hydrogen-bond acceptors (Lipinski definition) is 6. The minimum absolute atomic E-state index is 0.0392. The Morgan fingerprint density at radius 3 is 2.41 bits per heavy atom. The maximum Gasteiger partial charge on any atom is 0.322 e. The van der Waals surface area contributed by atoms with E-state index in [4.69, 9.17) is 9.84 Å². The van der Waals surface area contributed by atoms with Gasteiger partial charge in [-0.3, -0.25) is 19.2 Å². The number of aliphatic carboxylic acids is 1. The first kappa shape index (κ1) is 21.6. The molecule has 29 heavy (non-hydrogen) atoms. The number of carbonyl (C=O) groups excluding carboxylic acids is 2. The molecule has 0 spiro atoms. The van der Waals surface area contributed by atoms with Crippen LogP contribution in [-0.2, 0) is 16.1 Å². The zero-order chi connectivity index (χ0) is 21.4. The summed E-state index contributed by atoms with van der Waals surface area (Å²) in [4.78, 5) is 48.2. The summed E-state index contributed by atoms with van der Waals surface area (Å²) in [5.74, 6) is -3.95. The number of carboxylic acid groups (broad SMARTS) is 1. The van der Waals surface area contributed by atoms with Gasteiger partial charge in [0.2, 0.25) is 0 Å². The second kappa shape index (κ2) is 10.0. The van der Waals surface area contributed by atoms with Gasteiger partial charge < -0.3 is 30.2 Å². The molecule has 0 fully saturated rings. The smallest absolute Gasteiger partial charge is 0.322 e. The van der Waals surface area contributed by atoms with Crippen molar-refractivity contribution in [2.75, 3.05) is 26.8 Å². The molecule has 0 atom stereocenters. The van der Waals surface area contributed by atoms with Gasteiger partial charge in [0, 0.05) is 19.9 Å². The number of nitrogens with one attached hydrogen (secondary N) is 2. The van der Waals surface area contributed by atoms with E-state index in [1.807, 2.05) is 5.32 Å². The van der Waals surface area contributed by atoms with Crippen molar-refractivity contribution in [3.8, 4) is 5.75 Å². The van der Waals surface area contributed by atoms with Crippen LogP contribution in [0.4, 0.5) is 0 Å². The van der Waals surface area contributed by atoms with Gasteiger partial charge in [-0.05, 0) is 5.56 Å². The molecule has 0 aliphatic rings. The van der Waals surface area contributed by atoms with Crippen LogP contribution in [0.2, 0.25) is 0 Å². The average Bonchev–Trinajstić information content (AvgIpc) is 2.69. The molecule has 2 rings (SSSR count). The Kier molecular flexibility index (Phi) is 7.49. The lowest BCUT2D eigenvalue weighted by Crippen LogP contribution is -2.37. The number of ether oxygens (including phenoxy) is 1. The number of aromatic hydroxyl groups is 1. The fourth-order valence-electron chi connectivity index (χ4n) is 2.53. The summed E-state index contributed by atoms with van der Waals surface area (Å²) in [5.41, 5.74) is -1.13. The molecular formula is C19H21N3O7. The van der Waals surface area contributed by atoms with E-state index in [1.165, 1.54) is 7.11 Å². The lowest BCUT2D eigenvalue weighted by molar-refractivity contribution is -0.135. The van der Waals surface area contributed by atoms with Crippen LogP contribution < -0.4 is 16.2 Å². The Bertz CT molecular complexity index is 954. The first-order chi connectivity index (χ1) is 13.8. The fourth-order valence-corrected chi connectivity index (χ4v) is 2.53. The number of methoxy groups -OCH3 is 1. The minimum atomic E-state index is -1.32. The van der Waals surface area contributed by atoms with E-state index in [1.54, 1.807) is 30.3 Å². The standard InChI is InChI=1S/C19H21N3O7/c1-29-8-7-20-17(26)13-11-22(10-12-5-3-2-4-6-12)19(28)15(16(13)25)18(27)21-9-14(23)24/h2-6,11,25H,7-10H2,1H3,(H,20,26)(H,21,27)(H,23,24). The highest BCUT2D eigenvalue weighted by molar-refractivity contribution is 6.03. The second-order valence-electron chi connectivity index (χ2n) is 6.01. The van der Waals surface area contributed by atoms with E-state index in [9.17, 15) is 24.3 Å². The number of pyridine rings is 1. The maximum atomic E-state index is 12.8. The number of amides is 2. The molecule has 0 radical (unpaired) electrons. The number of nitrogens with zero attached hydrogens (tertiary/aromatic N) is 1.